The van der Waals surface area contributed by atoms with Crippen molar-refractivity contribution in [3.05, 3.63) is 59.4 Å². The van der Waals surface area contributed by atoms with Crippen LogP contribution in [-0.2, 0) is 6.54 Å². The minimum absolute atomic E-state index is 0.180. The van der Waals surface area contributed by atoms with Gasteiger partial charge in [-0.05, 0) is 51.0 Å². The Balaban J connectivity index is 2.07. The molecular weight excluding hydrogens is 260 g/mol. The summed E-state index contributed by atoms with van der Waals surface area (Å²) in [5, 5.41) is 3.55. The predicted molar refractivity (Wildman–Crippen MR) is 86.4 cm³/mol. The lowest BCUT2D eigenvalue weighted by molar-refractivity contribution is 0.238. The monoisotopic (exact) mass is 284 g/mol. The standard InChI is InChI=1S/C18H24N2O/c1-13(2)21-18-8-6-5-7-17(18)15(4)20-12-16-11-19-10-9-14(16)3/h5-11,13,15,20H,12H2,1-4H3. The zero-order valence-electron chi connectivity index (χ0n) is 13.3. The minimum atomic E-state index is 0.180. The third-order valence-electron chi connectivity index (χ3n) is 3.49. The second-order valence-electron chi connectivity index (χ2n) is 5.61. The molecule has 0 saturated carbocycles. The number of pyridine rings is 1. The van der Waals surface area contributed by atoms with Crippen LogP contribution in [0.4, 0.5) is 0 Å². The van der Waals surface area contributed by atoms with Gasteiger partial charge in [-0.2, -0.15) is 0 Å². The van der Waals surface area contributed by atoms with Crippen LogP contribution in [0.3, 0.4) is 0 Å². The van der Waals surface area contributed by atoms with E-state index in [1.165, 1.54) is 16.7 Å². The van der Waals surface area contributed by atoms with Gasteiger partial charge < -0.3 is 10.1 Å². The summed E-state index contributed by atoms with van der Waals surface area (Å²) in [5.41, 5.74) is 3.68. The van der Waals surface area contributed by atoms with Gasteiger partial charge in [0.1, 0.15) is 5.75 Å². The first-order valence-electron chi connectivity index (χ1n) is 7.46. The fourth-order valence-electron chi connectivity index (χ4n) is 2.25. The Hall–Kier alpha value is -1.87. The first-order valence-corrected chi connectivity index (χ1v) is 7.46. The smallest absolute Gasteiger partial charge is 0.124 e. The molecule has 2 rings (SSSR count). The van der Waals surface area contributed by atoms with Crippen LogP contribution < -0.4 is 10.1 Å². The first-order chi connectivity index (χ1) is 10.1. The number of ether oxygens (including phenoxy) is 1. The van der Waals surface area contributed by atoms with Crippen molar-refractivity contribution >= 4 is 0 Å². The highest BCUT2D eigenvalue weighted by Crippen LogP contribution is 2.26. The maximum absolute atomic E-state index is 5.89. The highest BCUT2D eigenvalue weighted by atomic mass is 16.5. The Labute approximate surface area is 127 Å². The van der Waals surface area contributed by atoms with E-state index in [0.717, 1.165) is 12.3 Å². The van der Waals surface area contributed by atoms with Gasteiger partial charge in [0, 0.05) is 30.5 Å². The number of para-hydroxylation sites is 1. The van der Waals surface area contributed by atoms with Crippen molar-refractivity contribution < 1.29 is 4.74 Å². The molecule has 0 bridgehead atoms. The topological polar surface area (TPSA) is 34.2 Å². The van der Waals surface area contributed by atoms with Gasteiger partial charge in [-0.3, -0.25) is 4.98 Å². The van der Waals surface area contributed by atoms with Crippen LogP contribution in [-0.4, -0.2) is 11.1 Å². The van der Waals surface area contributed by atoms with Crippen molar-refractivity contribution in [3.63, 3.8) is 0 Å². The highest BCUT2D eigenvalue weighted by Gasteiger charge is 2.12. The average molecular weight is 284 g/mol. The third kappa shape index (κ3) is 4.30. The molecule has 1 aromatic carbocycles. The van der Waals surface area contributed by atoms with E-state index in [1.54, 1.807) is 0 Å². The van der Waals surface area contributed by atoms with E-state index in [0.29, 0.717) is 0 Å². The SMILES string of the molecule is Cc1ccncc1CNC(C)c1ccccc1OC(C)C. The van der Waals surface area contributed by atoms with E-state index < -0.39 is 0 Å². The molecule has 1 heterocycles. The maximum Gasteiger partial charge on any atom is 0.124 e. The number of nitrogens with one attached hydrogen (secondary N) is 1. The number of rotatable bonds is 6. The summed E-state index contributed by atoms with van der Waals surface area (Å²) in [6.45, 7) is 9.17. The van der Waals surface area contributed by atoms with Crippen molar-refractivity contribution in [2.24, 2.45) is 0 Å². The van der Waals surface area contributed by atoms with Crippen LogP contribution in [0.15, 0.2) is 42.7 Å². The molecule has 0 aliphatic rings. The van der Waals surface area contributed by atoms with E-state index in [9.17, 15) is 0 Å². The van der Waals surface area contributed by atoms with E-state index in [4.69, 9.17) is 4.74 Å². The van der Waals surface area contributed by atoms with E-state index in [2.05, 4.69) is 36.3 Å². The molecule has 112 valence electrons. The van der Waals surface area contributed by atoms with Gasteiger partial charge in [0.15, 0.2) is 0 Å². The van der Waals surface area contributed by atoms with Crippen LogP contribution in [0.5, 0.6) is 5.75 Å². The Kier molecular flexibility index (Phi) is 5.34. The number of benzene rings is 1. The quantitative estimate of drug-likeness (QED) is 0.869. The third-order valence-corrected chi connectivity index (χ3v) is 3.49. The van der Waals surface area contributed by atoms with Crippen molar-refractivity contribution in [1.29, 1.82) is 0 Å². The number of hydrogen-bond donors (Lipinski definition) is 1. The summed E-state index contributed by atoms with van der Waals surface area (Å²) in [6, 6.07) is 10.5. The summed E-state index contributed by atoms with van der Waals surface area (Å²) < 4.78 is 5.89. The van der Waals surface area contributed by atoms with Gasteiger partial charge in [-0.25, -0.2) is 0 Å². The van der Waals surface area contributed by atoms with Crippen LogP contribution in [0.25, 0.3) is 0 Å². The van der Waals surface area contributed by atoms with Crippen molar-refractivity contribution in [3.8, 4) is 5.75 Å². The van der Waals surface area contributed by atoms with Gasteiger partial charge in [0.05, 0.1) is 6.10 Å². The number of nitrogens with zero attached hydrogens (tertiary/aromatic N) is 1. The molecule has 0 spiro atoms. The molecule has 1 unspecified atom stereocenters. The molecule has 0 radical (unpaired) electrons. The fraction of sp³-hybridized carbons (Fsp3) is 0.389. The Morgan fingerprint density at radius 2 is 1.90 bits per heavy atom. The maximum atomic E-state index is 5.89. The Bertz CT molecular complexity index is 581. The van der Waals surface area contributed by atoms with Gasteiger partial charge in [0.2, 0.25) is 0 Å². The lowest BCUT2D eigenvalue weighted by Crippen LogP contribution is -2.20. The molecule has 3 heteroatoms. The summed E-state index contributed by atoms with van der Waals surface area (Å²) in [6.07, 6.45) is 3.93. The van der Waals surface area contributed by atoms with Crippen LogP contribution >= 0.6 is 0 Å². The lowest BCUT2D eigenvalue weighted by Gasteiger charge is -2.20. The zero-order chi connectivity index (χ0) is 15.2. The average Bonchev–Trinajstić information content (AvgIpc) is 2.46. The molecule has 1 atom stereocenters. The Morgan fingerprint density at radius 3 is 2.62 bits per heavy atom. The molecule has 0 saturated heterocycles. The molecule has 3 nitrogen and oxygen atoms in total. The largest absolute Gasteiger partial charge is 0.491 e. The Morgan fingerprint density at radius 1 is 1.14 bits per heavy atom. The van der Waals surface area contributed by atoms with Gasteiger partial charge in [0.25, 0.3) is 0 Å². The predicted octanol–water partition coefficient (Wildman–Crippen LogP) is 4.03. The molecular formula is C18H24N2O. The number of aromatic nitrogens is 1. The second-order valence-corrected chi connectivity index (χ2v) is 5.61. The van der Waals surface area contributed by atoms with Gasteiger partial charge in [-0.15, -0.1) is 0 Å². The van der Waals surface area contributed by atoms with Crippen molar-refractivity contribution in [2.45, 2.75) is 46.4 Å². The van der Waals surface area contributed by atoms with Gasteiger partial charge in [-0.1, -0.05) is 18.2 Å². The summed E-state index contributed by atoms with van der Waals surface area (Å²) in [5.74, 6) is 0.954. The lowest BCUT2D eigenvalue weighted by atomic mass is 10.1. The zero-order valence-corrected chi connectivity index (χ0v) is 13.3. The number of aryl methyl sites for hydroxylation is 1. The molecule has 2 aromatic rings. The molecule has 1 N–H and O–H groups in total. The van der Waals surface area contributed by atoms with E-state index in [-0.39, 0.29) is 12.1 Å². The molecule has 0 amide bonds. The minimum Gasteiger partial charge on any atom is -0.491 e. The molecule has 21 heavy (non-hydrogen) atoms. The molecule has 0 fully saturated rings. The van der Waals surface area contributed by atoms with Crippen LogP contribution in [0.1, 0.15) is 43.5 Å². The summed E-state index contributed by atoms with van der Waals surface area (Å²) in [4.78, 5) is 4.19. The van der Waals surface area contributed by atoms with Crippen molar-refractivity contribution in [2.75, 3.05) is 0 Å². The molecule has 0 aliphatic heterocycles. The first kappa shape index (κ1) is 15.5. The van der Waals surface area contributed by atoms with E-state index >= 15 is 0 Å². The molecule has 1 aromatic heterocycles. The normalized spacial score (nSPS) is 12.4. The summed E-state index contributed by atoms with van der Waals surface area (Å²) in [7, 11) is 0. The highest BCUT2D eigenvalue weighted by molar-refractivity contribution is 5.36. The van der Waals surface area contributed by atoms with Crippen LogP contribution in [0, 0.1) is 6.92 Å². The van der Waals surface area contributed by atoms with Crippen molar-refractivity contribution in [1.82, 2.24) is 10.3 Å². The fourth-order valence-corrected chi connectivity index (χ4v) is 2.25. The van der Waals surface area contributed by atoms with Crippen LogP contribution in [0.2, 0.25) is 0 Å². The second kappa shape index (κ2) is 7.23. The molecule has 0 aliphatic carbocycles. The summed E-state index contributed by atoms with van der Waals surface area (Å²) >= 11 is 0. The number of hydrogen-bond acceptors (Lipinski definition) is 3. The van der Waals surface area contributed by atoms with E-state index in [1.807, 2.05) is 44.4 Å². The van der Waals surface area contributed by atoms with Gasteiger partial charge >= 0.3 is 0 Å².